The molecule has 0 saturated carbocycles. The molecule has 1 saturated heterocycles. The van der Waals surface area contributed by atoms with Crippen LogP contribution in [0, 0.1) is 5.92 Å². The van der Waals surface area contributed by atoms with Gasteiger partial charge in [0.15, 0.2) is 10.9 Å². The minimum atomic E-state index is 0.253. The molecule has 0 radical (unpaired) electrons. The number of hydrogen-bond acceptors (Lipinski definition) is 4. The zero-order valence-electron chi connectivity index (χ0n) is 10.9. The van der Waals surface area contributed by atoms with Crippen molar-refractivity contribution in [3.8, 4) is 0 Å². The van der Waals surface area contributed by atoms with Crippen molar-refractivity contribution >= 4 is 22.3 Å². The molecule has 1 aromatic rings. The molecule has 1 aromatic heterocycles. The maximum atomic E-state index is 11.8. The standard InChI is InChI=1S/C14H20N2OS/c1-2-4-10-7-8-16(9-10)14-15-13-11(17)5-3-6-12(13)18-14/h10H,2-9H2,1H3. The summed E-state index contributed by atoms with van der Waals surface area (Å²) in [5.74, 6) is 1.08. The number of Topliss-reactive ketones (excluding diaryl/α,β-unsaturated/α-hetero) is 1. The molecule has 2 aliphatic rings. The predicted octanol–water partition coefficient (Wildman–Crippen LogP) is 3.29. The van der Waals surface area contributed by atoms with Crippen LogP contribution in [0.2, 0.25) is 0 Å². The van der Waals surface area contributed by atoms with Crippen molar-refractivity contribution in [3.05, 3.63) is 10.6 Å². The fraction of sp³-hybridized carbons (Fsp3) is 0.714. The quantitative estimate of drug-likeness (QED) is 0.840. The van der Waals surface area contributed by atoms with Crippen LogP contribution < -0.4 is 4.90 Å². The van der Waals surface area contributed by atoms with Crippen molar-refractivity contribution in [3.63, 3.8) is 0 Å². The van der Waals surface area contributed by atoms with E-state index in [1.165, 1.54) is 24.1 Å². The number of ketones is 1. The van der Waals surface area contributed by atoms with Gasteiger partial charge in [-0.3, -0.25) is 4.79 Å². The Morgan fingerprint density at radius 3 is 3.11 bits per heavy atom. The van der Waals surface area contributed by atoms with Crippen LogP contribution in [0.15, 0.2) is 0 Å². The number of aromatic nitrogens is 1. The van der Waals surface area contributed by atoms with Gasteiger partial charge in [0.2, 0.25) is 0 Å². The second-order valence-electron chi connectivity index (χ2n) is 5.43. The highest BCUT2D eigenvalue weighted by Gasteiger charge is 2.28. The molecule has 1 unspecified atom stereocenters. The first-order valence-electron chi connectivity index (χ1n) is 7.05. The summed E-state index contributed by atoms with van der Waals surface area (Å²) in [5.41, 5.74) is 0.778. The fourth-order valence-electron chi connectivity index (χ4n) is 3.04. The zero-order chi connectivity index (χ0) is 12.5. The topological polar surface area (TPSA) is 33.2 Å². The predicted molar refractivity (Wildman–Crippen MR) is 74.6 cm³/mol. The van der Waals surface area contributed by atoms with Crippen LogP contribution in [0.3, 0.4) is 0 Å². The Balaban J connectivity index is 1.76. The first-order valence-corrected chi connectivity index (χ1v) is 7.87. The van der Waals surface area contributed by atoms with Gasteiger partial charge in [-0.2, -0.15) is 0 Å². The molecule has 0 amide bonds. The van der Waals surface area contributed by atoms with E-state index >= 15 is 0 Å². The van der Waals surface area contributed by atoms with Crippen molar-refractivity contribution in [2.24, 2.45) is 5.92 Å². The Hall–Kier alpha value is -0.900. The first kappa shape index (κ1) is 12.2. The molecule has 18 heavy (non-hydrogen) atoms. The lowest BCUT2D eigenvalue weighted by atomic mass is 10.0. The van der Waals surface area contributed by atoms with Crippen molar-refractivity contribution in [1.29, 1.82) is 0 Å². The van der Waals surface area contributed by atoms with Gasteiger partial charge in [0.1, 0.15) is 5.69 Å². The van der Waals surface area contributed by atoms with Gasteiger partial charge in [-0.25, -0.2) is 4.98 Å². The Labute approximate surface area is 112 Å². The average molecular weight is 264 g/mol. The molecule has 98 valence electrons. The number of fused-ring (bicyclic) bond motifs is 1. The highest BCUT2D eigenvalue weighted by Crippen LogP contribution is 2.34. The fourth-order valence-corrected chi connectivity index (χ4v) is 4.19. The highest BCUT2D eigenvalue weighted by molar-refractivity contribution is 7.16. The van der Waals surface area contributed by atoms with Gasteiger partial charge in [-0.1, -0.05) is 13.3 Å². The van der Waals surface area contributed by atoms with Gasteiger partial charge >= 0.3 is 0 Å². The summed E-state index contributed by atoms with van der Waals surface area (Å²) in [6.07, 6.45) is 6.61. The van der Waals surface area contributed by atoms with Crippen molar-refractivity contribution in [1.82, 2.24) is 4.98 Å². The summed E-state index contributed by atoms with van der Waals surface area (Å²) >= 11 is 1.75. The number of carbonyl (C=O) groups is 1. The largest absolute Gasteiger partial charge is 0.348 e. The molecule has 1 aliphatic carbocycles. The lowest BCUT2D eigenvalue weighted by Gasteiger charge is -2.14. The van der Waals surface area contributed by atoms with Gasteiger partial charge in [-0.05, 0) is 31.6 Å². The Morgan fingerprint density at radius 2 is 2.33 bits per heavy atom. The molecular weight excluding hydrogens is 244 g/mol. The molecule has 1 fully saturated rings. The van der Waals surface area contributed by atoms with Crippen LogP contribution in [-0.2, 0) is 6.42 Å². The molecule has 4 heteroatoms. The van der Waals surface area contributed by atoms with E-state index in [1.54, 1.807) is 11.3 Å². The van der Waals surface area contributed by atoms with E-state index in [4.69, 9.17) is 0 Å². The summed E-state index contributed by atoms with van der Waals surface area (Å²) in [5, 5.41) is 1.09. The minimum absolute atomic E-state index is 0.253. The number of carbonyl (C=O) groups excluding carboxylic acids is 1. The van der Waals surface area contributed by atoms with E-state index in [0.29, 0.717) is 6.42 Å². The molecule has 1 atom stereocenters. The number of nitrogens with zero attached hydrogens (tertiary/aromatic N) is 2. The average Bonchev–Trinajstić information content (AvgIpc) is 2.96. The van der Waals surface area contributed by atoms with Crippen LogP contribution in [0.1, 0.15) is 54.4 Å². The maximum absolute atomic E-state index is 11.8. The number of hydrogen-bond donors (Lipinski definition) is 0. The highest BCUT2D eigenvalue weighted by atomic mass is 32.1. The molecule has 0 spiro atoms. The van der Waals surface area contributed by atoms with E-state index in [1.807, 2.05) is 0 Å². The first-order chi connectivity index (χ1) is 8.78. The smallest absolute Gasteiger partial charge is 0.186 e. The molecule has 3 rings (SSSR count). The van der Waals surface area contributed by atoms with Crippen LogP contribution >= 0.6 is 11.3 Å². The Morgan fingerprint density at radius 1 is 1.44 bits per heavy atom. The second-order valence-corrected chi connectivity index (χ2v) is 6.50. The van der Waals surface area contributed by atoms with Crippen LogP contribution in [-0.4, -0.2) is 23.9 Å². The number of anilines is 1. The molecule has 1 aliphatic heterocycles. The Kier molecular flexibility index (Phi) is 3.37. The van der Waals surface area contributed by atoms with Crippen molar-refractivity contribution < 1.29 is 4.79 Å². The monoisotopic (exact) mass is 264 g/mol. The van der Waals surface area contributed by atoms with E-state index in [-0.39, 0.29) is 5.78 Å². The van der Waals surface area contributed by atoms with Crippen LogP contribution in [0.5, 0.6) is 0 Å². The molecule has 0 N–H and O–H groups in total. The lowest BCUT2D eigenvalue weighted by molar-refractivity contribution is 0.0968. The van der Waals surface area contributed by atoms with Crippen molar-refractivity contribution in [2.75, 3.05) is 18.0 Å². The van der Waals surface area contributed by atoms with E-state index in [9.17, 15) is 4.79 Å². The normalized spacial score (nSPS) is 23.5. The summed E-state index contributed by atoms with van der Waals surface area (Å²) in [4.78, 5) is 20.0. The summed E-state index contributed by atoms with van der Waals surface area (Å²) in [7, 11) is 0. The maximum Gasteiger partial charge on any atom is 0.186 e. The van der Waals surface area contributed by atoms with Crippen LogP contribution in [0.25, 0.3) is 0 Å². The summed E-state index contributed by atoms with van der Waals surface area (Å²) in [6.45, 7) is 4.50. The third kappa shape index (κ3) is 2.18. The SMILES string of the molecule is CCCC1CCN(c2nc3c(s2)CCCC3=O)C1. The minimum Gasteiger partial charge on any atom is -0.348 e. The molecule has 3 nitrogen and oxygen atoms in total. The second kappa shape index (κ2) is 5.00. The van der Waals surface area contributed by atoms with Gasteiger partial charge in [0.05, 0.1) is 0 Å². The molecular formula is C14H20N2OS. The van der Waals surface area contributed by atoms with Gasteiger partial charge in [0.25, 0.3) is 0 Å². The molecule has 0 aromatic carbocycles. The van der Waals surface area contributed by atoms with E-state index in [2.05, 4.69) is 16.8 Å². The van der Waals surface area contributed by atoms with Gasteiger partial charge in [0, 0.05) is 24.4 Å². The van der Waals surface area contributed by atoms with E-state index < -0.39 is 0 Å². The van der Waals surface area contributed by atoms with Crippen LogP contribution in [0.4, 0.5) is 5.13 Å². The summed E-state index contributed by atoms with van der Waals surface area (Å²) in [6, 6.07) is 0. The van der Waals surface area contributed by atoms with Gasteiger partial charge < -0.3 is 4.90 Å². The molecule has 2 heterocycles. The third-order valence-corrected chi connectivity index (χ3v) is 5.19. The third-order valence-electron chi connectivity index (χ3n) is 4.01. The Bertz CT molecular complexity index is 455. The summed E-state index contributed by atoms with van der Waals surface area (Å²) < 4.78 is 0. The number of aryl methyl sites for hydroxylation is 1. The number of rotatable bonds is 3. The van der Waals surface area contributed by atoms with Crippen molar-refractivity contribution in [2.45, 2.75) is 45.4 Å². The number of thiazole rings is 1. The van der Waals surface area contributed by atoms with E-state index in [0.717, 1.165) is 42.7 Å². The lowest BCUT2D eigenvalue weighted by Crippen LogP contribution is -2.19. The van der Waals surface area contributed by atoms with Gasteiger partial charge in [-0.15, -0.1) is 11.3 Å². The molecule has 0 bridgehead atoms. The zero-order valence-corrected chi connectivity index (χ0v) is 11.8.